The standard InChI is InChI=1S/C22H20ClN3O/c1-15-4-9-20-16(13-15)10-12-26(21(20)17-3-2-11-24-14-17)22(27)25-19-7-5-18(23)6-8-19/h2-9,11,13-14,21H,10,12H2,1H3,(H,25,27). The van der Waals surface area contributed by atoms with Crippen molar-refractivity contribution >= 4 is 23.3 Å². The second kappa shape index (κ2) is 7.41. The normalized spacial score (nSPS) is 15.9. The first-order chi connectivity index (χ1) is 13.1. The molecule has 27 heavy (non-hydrogen) atoms. The van der Waals surface area contributed by atoms with Gasteiger partial charge in [-0.1, -0.05) is 41.4 Å². The van der Waals surface area contributed by atoms with Crippen LogP contribution in [0.4, 0.5) is 10.5 Å². The van der Waals surface area contributed by atoms with Gasteiger partial charge in [0.1, 0.15) is 0 Å². The summed E-state index contributed by atoms with van der Waals surface area (Å²) < 4.78 is 0. The van der Waals surface area contributed by atoms with Gasteiger partial charge in [0.15, 0.2) is 0 Å². The van der Waals surface area contributed by atoms with Gasteiger partial charge in [-0.2, -0.15) is 0 Å². The third-order valence-corrected chi connectivity index (χ3v) is 5.14. The summed E-state index contributed by atoms with van der Waals surface area (Å²) in [6, 6.07) is 17.2. The Morgan fingerprint density at radius 3 is 2.74 bits per heavy atom. The molecule has 0 spiro atoms. The number of pyridine rings is 1. The lowest BCUT2D eigenvalue weighted by Crippen LogP contribution is -2.43. The average molecular weight is 378 g/mol. The molecule has 4 rings (SSSR count). The topological polar surface area (TPSA) is 45.2 Å². The molecule has 0 radical (unpaired) electrons. The van der Waals surface area contributed by atoms with Crippen molar-refractivity contribution in [2.45, 2.75) is 19.4 Å². The van der Waals surface area contributed by atoms with E-state index in [1.54, 1.807) is 30.5 Å². The van der Waals surface area contributed by atoms with Crippen LogP contribution in [-0.2, 0) is 6.42 Å². The van der Waals surface area contributed by atoms with Gasteiger partial charge in [-0.3, -0.25) is 4.98 Å². The fourth-order valence-electron chi connectivity index (χ4n) is 3.60. The van der Waals surface area contributed by atoms with Crippen molar-refractivity contribution < 1.29 is 4.79 Å². The zero-order valence-corrected chi connectivity index (χ0v) is 15.8. The predicted molar refractivity (Wildman–Crippen MR) is 108 cm³/mol. The number of carbonyl (C=O) groups is 1. The number of nitrogens with one attached hydrogen (secondary N) is 1. The summed E-state index contributed by atoms with van der Waals surface area (Å²) in [6.07, 6.45) is 4.42. The number of anilines is 1. The maximum atomic E-state index is 13.1. The summed E-state index contributed by atoms with van der Waals surface area (Å²) in [6.45, 7) is 2.74. The van der Waals surface area contributed by atoms with E-state index in [0.29, 0.717) is 11.6 Å². The summed E-state index contributed by atoms with van der Waals surface area (Å²) in [5.41, 5.74) is 5.42. The molecule has 2 heterocycles. The van der Waals surface area contributed by atoms with Crippen molar-refractivity contribution in [3.05, 3.63) is 94.3 Å². The summed E-state index contributed by atoms with van der Waals surface area (Å²) in [5, 5.41) is 3.63. The van der Waals surface area contributed by atoms with E-state index >= 15 is 0 Å². The van der Waals surface area contributed by atoms with Gasteiger partial charge in [0.2, 0.25) is 0 Å². The first-order valence-electron chi connectivity index (χ1n) is 8.94. The fourth-order valence-corrected chi connectivity index (χ4v) is 3.73. The first kappa shape index (κ1) is 17.6. The minimum atomic E-state index is -0.157. The highest BCUT2D eigenvalue weighted by Crippen LogP contribution is 2.35. The molecule has 4 nitrogen and oxygen atoms in total. The Morgan fingerprint density at radius 1 is 1.19 bits per heavy atom. The number of fused-ring (bicyclic) bond motifs is 1. The third-order valence-electron chi connectivity index (χ3n) is 4.88. The molecule has 0 aliphatic carbocycles. The molecular formula is C22H20ClN3O. The number of rotatable bonds is 2. The molecule has 1 unspecified atom stereocenters. The number of hydrogen-bond donors (Lipinski definition) is 1. The predicted octanol–water partition coefficient (Wildman–Crippen LogP) is 5.22. The van der Waals surface area contributed by atoms with Gasteiger partial charge in [0, 0.05) is 29.6 Å². The largest absolute Gasteiger partial charge is 0.322 e. The number of halogens is 1. The van der Waals surface area contributed by atoms with E-state index < -0.39 is 0 Å². The SMILES string of the molecule is Cc1ccc2c(c1)CCN(C(=O)Nc1ccc(Cl)cc1)C2c1cccnc1. The number of nitrogens with zero attached hydrogens (tertiary/aromatic N) is 2. The van der Waals surface area contributed by atoms with Crippen molar-refractivity contribution in [3.63, 3.8) is 0 Å². The molecule has 0 fully saturated rings. The third kappa shape index (κ3) is 3.67. The van der Waals surface area contributed by atoms with Gasteiger partial charge in [-0.15, -0.1) is 0 Å². The number of carbonyl (C=O) groups excluding carboxylic acids is 1. The van der Waals surface area contributed by atoms with Crippen LogP contribution in [0.3, 0.4) is 0 Å². The van der Waals surface area contributed by atoms with E-state index in [4.69, 9.17) is 11.6 Å². The maximum Gasteiger partial charge on any atom is 0.322 e. The van der Waals surface area contributed by atoms with Crippen LogP contribution in [0.2, 0.25) is 5.02 Å². The molecule has 5 heteroatoms. The van der Waals surface area contributed by atoms with Crippen LogP contribution in [0.25, 0.3) is 0 Å². The summed E-state index contributed by atoms with van der Waals surface area (Å²) in [4.78, 5) is 19.2. The molecule has 1 aliphatic heterocycles. The molecule has 1 aromatic heterocycles. The molecule has 2 aromatic carbocycles. The lowest BCUT2D eigenvalue weighted by molar-refractivity contribution is 0.194. The minimum Gasteiger partial charge on any atom is -0.313 e. The molecule has 1 N–H and O–H groups in total. The Morgan fingerprint density at radius 2 is 2.00 bits per heavy atom. The molecule has 0 bridgehead atoms. The van der Waals surface area contributed by atoms with Crippen molar-refractivity contribution in [2.24, 2.45) is 0 Å². The molecule has 0 saturated carbocycles. The second-order valence-corrected chi connectivity index (χ2v) is 7.21. The zero-order chi connectivity index (χ0) is 18.8. The highest BCUT2D eigenvalue weighted by atomic mass is 35.5. The number of aryl methyl sites for hydroxylation is 1. The summed E-state index contributed by atoms with van der Waals surface area (Å²) >= 11 is 5.94. The Balaban J connectivity index is 1.69. The molecule has 1 aliphatic rings. The van der Waals surface area contributed by atoms with Gasteiger partial charge in [0.25, 0.3) is 0 Å². The highest BCUT2D eigenvalue weighted by molar-refractivity contribution is 6.30. The van der Waals surface area contributed by atoms with Crippen molar-refractivity contribution in [1.82, 2.24) is 9.88 Å². The van der Waals surface area contributed by atoms with Gasteiger partial charge in [-0.05, 0) is 60.4 Å². The van der Waals surface area contributed by atoms with E-state index in [2.05, 4.69) is 35.4 Å². The van der Waals surface area contributed by atoms with E-state index in [-0.39, 0.29) is 12.1 Å². The Hall–Kier alpha value is -2.85. The quantitative estimate of drug-likeness (QED) is 0.665. The molecule has 136 valence electrons. The number of urea groups is 1. The fraction of sp³-hybridized carbons (Fsp3) is 0.182. The van der Waals surface area contributed by atoms with Crippen molar-refractivity contribution in [1.29, 1.82) is 0 Å². The van der Waals surface area contributed by atoms with Gasteiger partial charge < -0.3 is 10.2 Å². The number of benzene rings is 2. The Labute approximate surface area is 163 Å². The van der Waals surface area contributed by atoms with Crippen LogP contribution in [0.1, 0.15) is 28.3 Å². The van der Waals surface area contributed by atoms with Crippen molar-refractivity contribution in [2.75, 3.05) is 11.9 Å². The molecule has 2 amide bonds. The van der Waals surface area contributed by atoms with Crippen LogP contribution in [0, 0.1) is 6.92 Å². The molecular weight excluding hydrogens is 358 g/mol. The van der Waals surface area contributed by atoms with E-state index in [1.807, 2.05) is 23.2 Å². The lowest BCUT2D eigenvalue weighted by Gasteiger charge is -2.37. The van der Waals surface area contributed by atoms with Crippen molar-refractivity contribution in [3.8, 4) is 0 Å². The summed E-state index contributed by atoms with van der Waals surface area (Å²) in [7, 11) is 0. The number of hydrogen-bond acceptors (Lipinski definition) is 2. The monoisotopic (exact) mass is 377 g/mol. The van der Waals surface area contributed by atoms with Gasteiger partial charge >= 0.3 is 6.03 Å². The van der Waals surface area contributed by atoms with Crippen LogP contribution in [0.15, 0.2) is 67.0 Å². The van der Waals surface area contributed by atoms with Crippen LogP contribution in [-0.4, -0.2) is 22.5 Å². The lowest BCUT2D eigenvalue weighted by atomic mass is 9.88. The van der Waals surface area contributed by atoms with Gasteiger partial charge in [0.05, 0.1) is 6.04 Å². The smallest absolute Gasteiger partial charge is 0.313 e. The highest BCUT2D eigenvalue weighted by Gasteiger charge is 2.32. The second-order valence-electron chi connectivity index (χ2n) is 6.77. The maximum absolute atomic E-state index is 13.1. The number of aromatic nitrogens is 1. The number of amides is 2. The van der Waals surface area contributed by atoms with Crippen LogP contribution in [0.5, 0.6) is 0 Å². The molecule has 3 aromatic rings. The average Bonchev–Trinajstić information content (AvgIpc) is 2.69. The van der Waals surface area contributed by atoms with Crippen LogP contribution < -0.4 is 5.32 Å². The minimum absolute atomic E-state index is 0.127. The first-order valence-corrected chi connectivity index (χ1v) is 9.32. The van der Waals surface area contributed by atoms with E-state index in [0.717, 1.165) is 23.2 Å². The Bertz CT molecular complexity index is 957. The summed E-state index contributed by atoms with van der Waals surface area (Å²) in [5.74, 6) is 0. The Kier molecular flexibility index (Phi) is 4.82. The van der Waals surface area contributed by atoms with Crippen LogP contribution >= 0.6 is 11.6 Å². The van der Waals surface area contributed by atoms with E-state index in [9.17, 15) is 4.79 Å². The van der Waals surface area contributed by atoms with Gasteiger partial charge in [-0.25, -0.2) is 4.79 Å². The van der Waals surface area contributed by atoms with E-state index in [1.165, 1.54) is 11.1 Å². The molecule has 1 atom stereocenters. The zero-order valence-electron chi connectivity index (χ0n) is 15.0. The molecule has 0 saturated heterocycles.